The number of nitrogens with one attached hydrogen (secondary N) is 1. The molecule has 0 radical (unpaired) electrons. The summed E-state index contributed by atoms with van der Waals surface area (Å²) in [6.45, 7) is 3.84. The number of nitrogens with zero attached hydrogens (tertiary/aromatic N) is 1. The lowest BCUT2D eigenvalue weighted by Crippen LogP contribution is -2.25. The van der Waals surface area contributed by atoms with Gasteiger partial charge < -0.3 is 16.5 Å². The van der Waals surface area contributed by atoms with Crippen LogP contribution in [0.2, 0.25) is 0 Å². The molecule has 0 aliphatic heterocycles. The summed E-state index contributed by atoms with van der Waals surface area (Å²) in [7, 11) is 0. The van der Waals surface area contributed by atoms with Crippen LogP contribution in [0.25, 0.3) is 0 Å². The van der Waals surface area contributed by atoms with Crippen molar-refractivity contribution in [2.75, 3.05) is 5.73 Å². The highest BCUT2D eigenvalue weighted by Gasteiger charge is 2.31. The van der Waals surface area contributed by atoms with Crippen molar-refractivity contribution in [2.45, 2.75) is 38.6 Å². The maximum atomic E-state index is 11.8. The van der Waals surface area contributed by atoms with Gasteiger partial charge in [-0.05, 0) is 24.7 Å². The number of hydrogen-bond donors (Lipinski definition) is 3. The zero-order valence-corrected chi connectivity index (χ0v) is 9.66. The molecule has 5 N–H and O–H groups in total. The quantitative estimate of drug-likeness (QED) is 0.707. The molecule has 0 aromatic carbocycles. The molecule has 1 atom stereocenters. The van der Waals surface area contributed by atoms with Crippen molar-refractivity contribution in [3.8, 4) is 0 Å². The first-order valence-corrected chi connectivity index (χ1v) is 5.66. The van der Waals surface area contributed by atoms with E-state index in [1.54, 1.807) is 0 Å². The number of nitrogen functional groups attached to an aromatic ring is 1. The van der Waals surface area contributed by atoms with E-state index in [1.165, 1.54) is 0 Å². The van der Waals surface area contributed by atoms with Gasteiger partial charge >= 0.3 is 0 Å². The van der Waals surface area contributed by atoms with Crippen LogP contribution < -0.4 is 17.0 Å². The van der Waals surface area contributed by atoms with E-state index in [4.69, 9.17) is 11.5 Å². The van der Waals surface area contributed by atoms with Crippen LogP contribution in [0.5, 0.6) is 0 Å². The number of hydrogen-bond acceptors (Lipinski definition) is 4. The van der Waals surface area contributed by atoms with Crippen molar-refractivity contribution < 1.29 is 0 Å². The number of H-pyrrole nitrogens is 1. The Balaban J connectivity index is 2.40. The van der Waals surface area contributed by atoms with Crippen molar-refractivity contribution >= 4 is 5.82 Å². The minimum atomic E-state index is -0.184. The Morgan fingerprint density at radius 3 is 2.50 bits per heavy atom. The molecule has 1 unspecified atom stereocenters. The molecule has 0 spiro atoms. The standard InChI is InChI=1S/C11H18N4O/c1-5(2)7-9(13)14-10(15-11(7)16)8(12)6-3-4-6/h5-6,8H,3-4,12H2,1-2H3,(H3,13,14,15,16). The number of aromatic nitrogens is 2. The van der Waals surface area contributed by atoms with Gasteiger partial charge in [0.2, 0.25) is 0 Å². The Morgan fingerprint density at radius 1 is 1.44 bits per heavy atom. The Bertz CT molecular complexity index is 448. The van der Waals surface area contributed by atoms with Crippen LogP contribution in [0.3, 0.4) is 0 Å². The van der Waals surface area contributed by atoms with Crippen LogP contribution in [-0.2, 0) is 0 Å². The predicted molar refractivity (Wildman–Crippen MR) is 63.0 cm³/mol. The van der Waals surface area contributed by atoms with E-state index in [9.17, 15) is 4.79 Å². The molecule has 2 rings (SSSR count). The van der Waals surface area contributed by atoms with E-state index in [-0.39, 0.29) is 17.5 Å². The van der Waals surface area contributed by atoms with E-state index < -0.39 is 0 Å². The summed E-state index contributed by atoms with van der Waals surface area (Å²) in [6, 6.07) is -0.184. The van der Waals surface area contributed by atoms with Gasteiger partial charge in [0, 0.05) is 0 Å². The van der Waals surface area contributed by atoms with Crippen molar-refractivity contribution in [1.29, 1.82) is 0 Å². The SMILES string of the molecule is CC(C)c1c(N)nc(C(N)C2CC2)[nH]c1=O. The highest BCUT2D eigenvalue weighted by atomic mass is 16.1. The number of rotatable bonds is 3. The lowest BCUT2D eigenvalue weighted by Gasteiger charge is -2.13. The Kier molecular flexibility index (Phi) is 2.71. The monoisotopic (exact) mass is 222 g/mol. The first-order chi connectivity index (χ1) is 7.50. The van der Waals surface area contributed by atoms with Crippen molar-refractivity contribution in [3.05, 3.63) is 21.7 Å². The van der Waals surface area contributed by atoms with Gasteiger partial charge in [-0.15, -0.1) is 0 Å². The second-order valence-electron chi connectivity index (χ2n) is 4.77. The summed E-state index contributed by atoms with van der Waals surface area (Å²) in [6.07, 6.45) is 2.22. The molecule has 1 aliphatic carbocycles. The number of aromatic amines is 1. The molecule has 0 amide bonds. The van der Waals surface area contributed by atoms with E-state index in [0.717, 1.165) is 12.8 Å². The van der Waals surface area contributed by atoms with Gasteiger partial charge in [0.1, 0.15) is 11.6 Å². The summed E-state index contributed by atoms with van der Waals surface area (Å²) in [5.74, 6) is 1.36. The Hall–Kier alpha value is -1.36. The van der Waals surface area contributed by atoms with Crippen LogP contribution >= 0.6 is 0 Å². The molecular formula is C11H18N4O. The third-order valence-corrected chi connectivity index (χ3v) is 3.03. The second kappa shape index (κ2) is 3.90. The predicted octanol–water partition coefficient (Wildman–Crippen LogP) is 0.885. The van der Waals surface area contributed by atoms with Gasteiger partial charge in [-0.2, -0.15) is 0 Å². The first kappa shape index (κ1) is 11.1. The maximum absolute atomic E-state index is 11.8. The van der Waals surface area contributed by atoms with E-state index in [2.05, 4.69) is 9.97 Å². The van der Waals surface area contributed by atoms with Crippen LogP contribution in [0.1, 0.15) is 50.0 Å². The molecule has 88 valence electrons. The van der Waals surface area contributed by atoms with Gasteiger partial charge in [-0.25, -0.2) is 4.98 Å². The van der Waals surface area contributed by atoms with Crippen molar-refractivity contribution in [3.63, 3.8) is 0 Å². The first-order valence-electron chi connectivity index (χ1n) is 5.66. The second-order valence-corrected chi connectivity index (χ2v) is 4.77. The molecule has 1 fully saturated rings. The normalized spacial score (nSPS) is 17.8. The van der Waals surface area contributed by atoms with Crippen molar-refractivity contribution in [1.82, 2.24) is 9.97 Å². The largest absolute Gasteiger partial charge is 0.383 e. The zero-order chi connectivity index (χ0) is 11.9. The molecule has 5 heteroatoms. The molecule has 0 saturated heterocycles. The highest BCUT2D eigenvalue weighted by Crippen LogP contribution is 2.38. The smallest absolute Gasteiger partial charge is 0.256 e. The third kappa shape index (κ3) is 1.95. The van der Waals surface area contributed by atoms with Gasteiger partial charge in [0.15, 0.2) is 0 Å². The maximum Gasteiger partial charge on any atom is 0.256 e. The third-order valence-electron chi connectivity index (χ3n) is 3.03. The van der Waals surface area contributed by atoms with Gasteiger partial charge in [0.05, 0.1) is 11.6 Å². The topological polar surface area (TPSA) is 97.8 Å². The summed E-state index contributed by atoms with van der Waals surface area (Å²) >= 11 is 0. The van der Waals surface area contributed by atoms with Gasteiger partial charge in [0.25, 0.3) is 5.56 Å². The summed E-state index contributed by atoms with van der Waals surface area (Å²) in [5.41, 5.74) is 12.2. The van der Waals surface area contributed by atoms with Crippen LogP contribution in [0.15, 0.2) is 4.79 Å². The Morgan fingerprint density at radius 2 is 2.06 bits per heavy atom. The summed E-state index contributed by atoms with van der Waals surface area (Å²) in [5, 5.41) is 0. The summed E-state index contributed by atoms with van der Waals surface area (Å²) < 4.78 is 0. The number of nitrogens with two attached hydrogens (primary N) is 2. The van der Waals surface area contributed by atoms with Gasteiger partial charge in [-0.1, -0.05) is 13.8 Å². The van der Waals surface area contributed by atoms with E-state index in [0.29, 0.717) is 23.1 Å². The van der Waals surface area contributed by atoms with E-state index in [1.807, 2.05) is 13.8 Å². The zero-order valence-electron chi connectivity index (χ0n) is 9.66. The molecule has 1 aromatic heterocycles. The molecule has 1 aromatic rings. The Labute approximate surface area is 94.3 Å². The van der Waals surface area contributed by atoms with Crippen LogP contribution in [0.4, 0.5) is 5.82 Å². The molecule has 0 bridgehead atoms. The average Bonchev–Trinajstić information content (AvgIpc) is 2.97. The molecule has 1 heterocycles. The minimum Gasteiger partial charge on any atom is -0.383 e. The van der Waals surface area contributed by atoms with Crippen molar-refractivity contribution in [2.24, 2.45) is 11.7 Å². The number of anilines is 1. The molecular weight excluding hydrogens is 204 g/mol. The average molecular weight is 222 g/mol. The molecule has 16 heavy (non-hydrogen) atoms. The lowest BCUT2D eigenvalue weighted by atomic mass is 10.1. The fourth-order valence-corrected chi connectivity index (χ4v) is 1.91. The molecule has 5 nitrogen and oxygen atoms in total. The van der Waals surface area contributed by atoms with Crippen LogP contribution in [0, 0.1) is 5.92 Å². The fourth-order valence-electron chi connectivity index (χ4n) is 1.91. The summed E-state index contributed by atoms with van der Waals surface area (Å²) in [4.78, 5) is 18.8. The molecule has 1 aliphatic rings. The highest BCUT2D eigenvalue weighted by molar-refractivity contribution is 5.40. The fraction of sp³-hybridized carbons (Fsp3) is 0.636. The van der Waals surface area contributed by atoms with Gasteiger partial charge in [-0.3, -0.25) is 4.79 Å². The van der Waals surface area contributed by atoms with Crippen LogP contribution in [-0.4, -0.2) is 9.97 Å². The molecule has 1 saturated carbocycles. The van der Waals surface area contributed by atoms with E-state index >= 15 is 0 Å². The minimum absolute atomic E-state index is 0.0717. The lowest BCUT2D eigenvalue weighted by molar-refractivity contribution is 0.589.